The van der Waals surface area contributed by atoms with E-state index in [9.17, 15) is 0 Å². The number of hydrogen-bond acceptors (Lipinski definition) is 6. The first-order valence-corrected chi connectivity index (χ1v) is 12.2. The van der Waals surface area contributed by atoms with Crippen LogP contribution in [-0.4, -0.2) is 43.8 Å². The number of aromatic nitrogens is 2. The number of aryl methyl sites for hydroxylation is 2. The second-order valence-electron chi connectivity index (χ2n) is 9.69. The van der Waals surface area contributed by atoms with Crippen LogP contribution in [0.3, 0.4) is 0 Å². The molecule has 1 aromatic carbocycles. The minimum absolute atomic E-state index is 0.479. The highest BCUT2D eigenvalue weighted by molar-refractivity contribution is 5.53. The van der Waals surface area contributed by atoms with Gasteiger partial charge < -0.3 is 20.3 Å². The molecule has 174 valence electrons. The third-order valence-electron chi connectivity index (χ3n) is 6.99. The third-order valence-corrected chi connectivity index (χ3v) is 6.99. The van der Waals surface area contributed by atoms with Crippen LogP contribution in [0, 0.1) is 12.8 Å². The van der Waals surface area contributed by atoms with Gasteiger partial charge >= 0.3 is 0 Å². The van der Waals surface area contributed by atoms with Crippen molar-refractivity contribution in [3.05, 3.63) is 40.6 Å². The van der Waals surface area contributed by atoms with Crippen LogP contribution in [0.5, 0.6) is 5.75 Å². The molecule has 0 atom stereocenters. The number of hydrogen-bond donors (Lipinski definition) is 2. The molecule has 0 saturated heterocycles. The quantitative estimate of drug-likeness (QED) is 0.634. The summed E-state index contributed by atoms with van der Waals surface area (Å²) in [5.41, 5.74) is 5.12. The first-order valence-electron chi connectivity index (χ1n) is 12.2. The number of nitrogens with zero attached hydrogens (tertiary/aromatic N) is 3. The van der Waals surface area contributed by atoms with E-state index >= 15 is 0 Å². The highest BCUT2D eigenvalue weighted by atomic mass is 16.5. The van der Waals surface area contributed by atoms with Crippen molar-refractivity contribution in [2.24, 2.45) is 5.92 Å². The highest BCUT2D eigenvalue weighted by Crippen LogP contribution is 2.30. The predicted molar refractivity (Wildman–Crippen MR) is 132 cm³/mol. The zero-order chi connectivity index (χ0) is 22.5. The van der Waals surface area contributed by atoms with Crippen molar-refractivity contribution in [3.8, 4) is 5.75 Å². The van der Waals surface area contributed by atoms with Crippen LogP contribution in [0.1, 0.15) is 60.9 Å². The Morgan fingerprint density at radius 1 is 1.06 bits per heavy atom. The van der Waals surface area contributed by atoms with Gasteiger partial charge in [-0.05, 0) is 87.9 Å². The van der Waals surface area contributed by atoms with E-state index in [0.717, 1.165) is 49.4 Å². The van der Waals surface area contributed by atoms with Crippen LogP contribution < -0.4 is 20.3 Å². The lowest BCUT2D eigenvalue weighted by atomic mass is 9.86. The largest absolute Gasteiger partial charge is 0.496 e. The van der Waals surface area contributed by atoms with Crippen LogP contribution in [0.4, 0.5) is 11.8 Å². The standard InChI is InChI=1S/C26H39N5O/c1-18-15-20(11-14-24(18)32-4)17-27-16-19-9-12-21(13-10-19)28-26-29-23-8-6-5-7-22(23)25(30-26)31(2)3/h11,14-15,19,21,27H,5-10,12-13,16-17H2,1-4H3,(H,28,29,30)/t19-,21+. The summed E-state index contributed by atoms with van der Waals surface area (Å²) in [6.45, 7) is 4.10. The number of fused-ring (bicyclic) bond motifs is 1. The van der Waals surface area contributed by atoms with Gasteiger partial charge in [-0.3, -0.25) is 0 Å². The van der Waals surface area contributed by atoms with Crippen LogP contribution in [0.25, 0.3) is 0 Å². The maximum Gasteiger partial charge on any atom is 0.225 e. The van der Waals surface area contributed by atoms with E-state index in [-0.39, 0.29) is 0 Å². The topological polar surface area (TPSA) is 62.3 Å². The highest BCUT2D eigenvalue weighted by Gasteiger charge is 2.24. The maximum absolute atomic E-state index is 5.36. The average Bonchev–Trinajstić information content (AvgIpc) is 2.80. The van der Waals surface area contributed by atoms with E-state index in [1.165, 1.54) is 60.9 Å². The molecule has 32 heavy (non-hydrogen) atoms. The van der Waals surface area contributed by atoms with Crippen LogP contribution in [0.15, 0.2) is 18.2 Å². The number of nitrogens with one attached hydrogen (secondary N) is 2. The lowest BCUT2D eigenvalue weighted by Gasteiger charge is -2.30. The molecule has 2 N–H and O–H groups in total. The lowest BCUT2D eigenvalue weighted by Crippen LogP contribution is -2.32. The van der Waals surface area contributed by atoms with Crippen LogP contribution in [0.2, 0.25) is 0 Å². The Labute approximate surface area is 193 Å². The second-order valence-corrected chi connectivity index (χ2v) is 9.69. The first-order chi connectivity index (χ1) is 15.5. The summed E-state index contributed by atoms with van der Waals surface area (Å²) in [5.74, 6) is 3.63. The summed E-state index contributed by atoms with van der Waals surface area (Å²) in [7, 11) is 5.91. The van der Waals surface area contributed by atoms with Gasteiger partial charge in [0, 0.05) is 32.2 Å². The molecule has 6 nitrogen and oxygen atoms in total. The molecule has 1 heterocycles. The van der Waals surface area contributed by atoms with Gasteiger partial charge in [0.2, 0.25) is 5.95 Å². The van der Waals surface area contributed by atoms with E-state index in [0.29, 0.717) is 6.04 Å². The minimum atomic E-state index is 0.479. The number of benzene rings is 1. The molecule has 2 aliphatic rings. The van der Waals surface area contributed by atoms with Crippen molar-refractivity contribution in [1.29, 1.82) is 0 Å². The number of methoxy groups -OCH3 is 1. The Bertz CT molecular complexity index is 905. The molecule has 2 aliphatic carbocycles. The number of rotatable bonds is 8. The summed E-state index contributed by atoms with van der Waals surface area (Å²) in [5, 5.41) is 7.33. The molecule has 1 fully saturated rings. The smallest absolute Gasteiger partial charge is 0.225 e. The summed E-state index contributed by atoms with van der Waals surface area (Å²) >= 11 is 0. The van der Waals surface area contributed by atoms with Gasteiger partial charge in [0.1, 0.15) is 11.6 Å². The number of anilines is 2. The molecular formula is C26H39N5O. The molecule has 1 saturated carbocycles. The summed E-state index contributed by atoms with van der Waals surface area (Å²) in [6, 6.07) is 6.91. The summed E-state index contributed by atoms with van der Waals surface area (Å²) in [6.07, 6.45) is 9.55. The fourth-order valence-corrected chi connectivity index (χ4v) is 5.17. The lowest BCUT2D eigenvalue weighted by molar-refractivity contribution is 0.323. The van der Waals surface area contributed by atoms with Gasteiger partial charge in [0.15, 0.2) is 0 Å². The molecule has 1 aromatic heterocycles. The van der Waals surface area contributed by atoms with Crippen molar-refractivity contribution < 1.29 is 4.74 Å². The first kappa shape index (κ1) is 22.8. The maximum atomic E-state index is 5.36. The molecule has 2 aromatic rings. The monoisotopic (exact) mass is 437 g/mol. The van der Waals surface area contributed by atoms with Crippen LogP contribution >= 0.6 is 0 Å². The van der Waals surface area contributed by atoms with Crippen molar-refractivity contribution in [1.82, 2.24) is 15.3 Å². The molecular weight excluding hydrogens is 398 g/mol. The molecule has 0 unspecified atom stereocenters. The van der Waals surface area contributed by atoms with E-state index < -0.39 is 0 Å². The summed E-state index contributed by atoms with van der Waals surface area (Å²) < 4.78 is 5.36. The van der Waals surface area contributed by atoms with Crippen molar-refractivity contribution in [3.63, 3.8) is 0 Å². The zero-order valence-corrected chi connectivity index (χ0v) is 20.2. The van der Waals surface area contributed by atoms with Crippen molar-refractivity contribution in [2.75, 3.05) is 38.0 Å². The molecule has 6 heteroatoms. The van der Waals surface area contributed by atoms with E-state index in [1.54, 1.807) is 7.11 Å². The van der Waals surface area contributed by atoms with Gasteiger partial charge in [-0.2, -0.15) is 4.98 Å². The van der Waals surface area contributed by atoms with Gasteiger partial charge in [0.25, 0.3) is 0 Å². The molecule has 4 rings (SSSR count). The van der Waals surface area contributed by atoms with Crippen molar-refractivity contribution in [2.45, 2.75) is 70.9 Å². The Balaban J connectivity index is 1.25. The molecule has 0 radical (unpaired) electrons. The Hall–Kier alpha value is -2.34. The molecule has 0 bridgehead atoms. The minimum Gasteiger partial charge on any atom is -0.496 e. The Morgan fingerprint density at radius 3 is 2.56 bits per heavy atom. The molecule has 0 amide bonds. The van der Waals surface area contributed by atoms with E-state index in [1.807, 2.05) is 0 Å². The Morgan fingerprint density at radius 2 is 1.84 bits per heavy atom. The van der Waals surface area contributed by atoms with E-state index in [2.05, 4.69) is 54.8 Å². The molecule has 0 spiro atoms. The van der Waals surface area contributed by atoms with Crippen molar-refractivity contribution >= 4 is 11.8 Å². The van der Waals surface area contributed by atoms with E-state index in [4.69, 9.17) is 14.7 Å². The molecule has 0 aliphatic heterocycles. The average molecular weight is 438 g/mol. The normalized spacial score (nSPS) is 20.5. The predicted octanol–water partition coefficient (Wildman–Crippen LogP) is 4.50. The van der Waals surface area contributed by atoms with Gasteiger partial charge in [-0.25, -0.2) is 4.98 Å². The Kier molecular flexibility index (Phi) is 7.51. The van der Waals surface area contributed by atoms with Gasteiger partial charge in [-0.1, -0.05) is 12.1 Å². The fourth-order valence-electron chi connectivity index (χ4n) is 5.17. The van der Waals surface area contributed by atoms with Crippen LogP contribution in [-0.2, 0) is 19.4 Å². The van der Waals surface area contributed by atoms with Gasteiger partial charge in [-0.15, -0.1) is 0 Å². The zero-order valence-electron chi connectivity index (χ0n) is 20.2. The summed E-state index contributed by atoms with van der Waals surface area (Å²) in [4.78, 5) is 11.9. The second kappa shape index (κ2) is 10.5. The third kappa shape index (κ3) is 5.52. The number of ether oxygens (including phenoxy) is 1. The van der Waals surface area contributed by atoms with Gasteiger partial charge in [0.05, 0.1) is 12.8 Å². The fraction of sp³-hybridized carbons (Fsp3) is 0.615. The SMILES string of the molecule is COc1ccc(CNC[C@H]2CC[C@@H](Nc3nc4c(c(N(C)C)n3)CCCC4)CC2)cc1C.